The molecule has 1 aromatic rings. The number of methoxy groups -OCH3 is 1. The van der Waals surface area contributed by atoms with Gasteiger partial charge in [-0.2, -0.15) is 0 Å². The Morgan fingerprint density at radius 1 is 1.67 bits per heavy atom. The standard InChI is InChI=1S/C9H8O2S/c1-11-9(10)7-5-12-8-4-2-3-6(7)8/h2-3,5H,4H2,1H3. The first kappa shape index (κ1) is 7.55. The van der Waals surface area contributed by atoms with Gasteiger partial charge >= 0.3 is 5.97 Å². The minimum absolute atomic E-state index is 0.237. The van der Waals surface area contributed by atoms with Gasteiger partial charge in [0.05, 0.1) is 12.7 Å². The van der Waals surface area contributed by atoms with Crippen LogP contribution < -0.4 is 0 Å². The lowest BCUT2D eigenvalue weighted by atomic mass is 10.2. The van der Waals surface area contributed by atoms with Crippen LogP contribution in [0, 0.1) is 0 Å². The molecule has 1 heterocycles. The maximum Gasteiger partial charge on any atom is 0.339 e. The van der Waals surface area contributed by atoms with Gasteiger partial charge in [0.25, 0.3) is 0 Å². The van der Waals surface area contributed by atoms with Crippen LogP contribution in [0.15, 0.2) is 11.5 Å². The van der Waals surface area contributed by atoms with E-state index in [-0.39, 0.29) is 5.97 Å². The van der Waals surface area contributed by atoms with Gasteiger partial charge in [-0.05, 0) is 0 Å². The summed E-state index contributed by atoms with van der Waals surface area (Å²) in [7, 11) is 1.41. The van der Waals surface area contributed by atoms with E-state index >= 15 is 0 Å². The number of ether oxygens (including phenoxy) is 1. The molecular weight excluding hydrogens is 172 g/mol. The maximum atomic E-state index is 11.2. The van der Waals surface area contributed by atoms with Crippen LogP contribution in [0.1, 0.15) is 20.8 Å². The molecule has 1 aromatic heterocycles. The van der Waals surface area contributed by atoms with Crippen LogP contribution >= 0.6 is 11.3 Å². The topological polar surface area (TPSA) is 26.3 Å². The van der Waals surface area contributed by atoms with Crippen molar-refractivity contribution in [1.29, 1.82) is 0 Å². The van der Waals surface area contributed by atoms with Gasteiger partial charge in [0.2, 0.25) is 0 Å². The Morgan fingerprint density at radius 2 is 2.50 bits per heavy atom. The number of rotatable bonds is 1. The van der Waals surface area contributed by atoms with E-state index in [9.17, 15) is 4.79 Å². The van der Waals surface area contributed by atoms with E-state index in [2.05, 4.69) is 10.8 Å². The molecule has 2 rings (SSSR count). The fraction of sp³-hybridized carbons (Fsp3) is 0.222. The number of esters is 1. The predicted octanol–water partition coefficient (Wildman–Crippen LogP) is 2.10. The highest BCUT2D eigenvalue weighted by molar-refractivity contribution is 7.10. The number of fused-ring (bicyclic) bond motifs is 1. The summed E-state index contributed by atoms with van der Waals surface area (Å²) in [4.78, 5) is 12.4. The maximum absolute atomic E-state index is 11.2. The molecule has 0 aliphatic heterocycles. The van der Waals surface area contributed by atoms with Crippen molar-refractivity contribution in [3.05, 3.63) is 27.5 Å². The monoisotopic (exact) mass is 180 g/mol. The summed E-state index contributed by atoms with van der Waals surface area (Å²) in [5.74, 6) is -0.237. The molecule has 62 valence electrons. The van der Waals surface area contributed by atoms with Gasteiger partial charge in [-0.15, -0.1) is 11.3 Å². The Kier molecular flexibility index (Phi) is 1.73. The van der Waals surface area contributed by atoms with Crippen molar-refractivity contribution in [2.75, 3.05) is 7.11 Å². The number of thiophene rings is 1. The van der Waals surface area contributed by atoms with Crippen LogP contribution in [0.5, 0.6) is 0 Å². The summed E-state index contributed by atoms with van der Waals surface area (Å²) in [6, 6.07) is 0. The SMILES string of the molecule is COC(=O)c1csc2c1C=CC2. The van der Waals surface area contributed by atoms with Gasteiger partial charge in [-0.25, -0.2) is 4.79 Å². The quantitative estimate of drug-likeness (QED) is 0.619. The molecule has 0 unspecified atom stereocenters. The fourth-order valence-electron chi connectivity index (χ4n) is 1.30. The number of carbonyl (C=O) groups excluding carboxylic acids is 1. The van der Waals surface area contributed by atoms with Crippen molar-refractivity contribution in [2.24, 2.45) is 0 Å². The summed E-state index contributed by atoms with van der Waals surface area (Å²) >= 11 is 1.62. The van der Waals surface area contributed by atoms with E-state index in [0.717, 1.165) is 12.0 Å². The highest BCUT2D eigenvalue weighted by atomic mass is 32.1. The minimum atomic E-state index is -0.237. The van der Waals surface area contributed by atoms with E-state index in [1.165, 1.54) is 12.0 Å². The molecule has 0 aromatic carbocycles. The van der Waals surface area contributed by atoms with E-state index in [0.29, 0.717) is 5.56 Å². The third-order valence-corrected chi connectivity index (χ3v) is 2.93. The third-order valence-electron chi connectivity index (χ3n) is 1.90. The molecule has 1 aliphatic rings. The number of allylic oxidation sites excluding steroid dienone is 1. The molecule has 12 heavy (non-hydrogen) atoms. The van der Waals surface area contributed by atoms with Crippen molar-refractivity contribution in [3.8, 4) is 0 Å². The van der Waals surface area contributed by atoms with Gasteiger partial charge in [0.1, 0.15) is 0 Å². The fourth-order valence-corrected chi connectivity index (χ4v) is 2.28. The van der Waals surface area contributed by atoms with Gasteiger partial charge in [0.15, 0.2) is 0 Å². The van der Waals surface area contributed by atoms with E-state index in [1.807, 2.05) is 11.5 Å². The first-order chi connectivity index (χ1) is 5.83. The van der Waals surface area contributed by atoms with E-state index < -0.39 is 0 Å². The second-order valence-corrected chi connectivity index (χ2v) is 3.55. The third kappa shape index (κ3) is 0.975. The highest BCUT2D eigenvalue weighted by Gasteiger charge is 2.17. The lowest BCUT2D eigenvalue weighted by molar-refractivity contribution is 0.0601. The number of hydrogen-bond donors (Lipinski definition) is 0. The summed E-state index contributed by atoms with van der Waals surface area (Å²) < 4.78 is 4.65. The highest BCUT2D eigenvalue weighted by Crippen LogP contribution is 2.29. The largest absolute Gasteiger partial charge is 0.465 e. The van der Waals surface area contributed by atoms with Crippen LogP contribution in [0.25, 0.3) is 6.08 Å². The zero-order valence-electron chi connectivity index (χ0n) is 6.66. The molecule has 0 atom stereocenters. The molecule has 0 fully saturated rings. The summed E-state index contributed by atoms with van der Waals surface area (Å²) in [5, 5.41) is 1.86. The van der Waals surface area contributed by atoms with Crippen LogP contribution in [-0.2, 0) is 11.2 Å². The first-order valence-electron chi connectivity index (χ1n) is 3.68. The summed E-state index contributed by atoms with van der Waals surface area (Å²) in [6.45, 7) is 0. The molecule has 0 saturated carbocycles. The molecule has 0 amide bonds. The van der Waals surface area contributed by atoms with Crippen molar-refractivity contribution < 1.29 is 9.53 Å². The van der Waals surface area contributed by atoms with Crippen molar-refractivity contribution >= 4 is 23.4 Å². The van der Waals surface area contributed by atoms with Crippen LogP contribution in [0.4, 0.5) is 0 Å². The molecule has 0 radical (unpaired) electrons. The smallest absolute Gasteiger partial charge is 0.339 e. The second kappa shape index (κ2) is 2.75. The average molecular weight is 180 g/mol. The van der Waals surface area contributed by atoms with Gasteiger partial charge < -0.3 is 4.74 Å². The van der Waals surface area contributed by atoms with Gasteiger partial charge in [-0.3, -0.25) is 0 Å². The molecule has 3 heteroatoms. The Hall–Kier alpha value is -1.09. The van der Waals surface area contributed by atoms with Crippen molar-refractivity contribution in [2.45, 2.75) is 6.42 Å². The summed E-state index contributed by atoms with van der Waals surface area (Å²) in [6.07, 6.45) is 5.00. The lowest BCUT2D eigenvalue weighted by Gasteiger charge is -1.95. The van der Waals surface area contributed by atoms with Crippen molar-refractivity contribution in [3.63, 3.8) is 0 Å². The van der Waals surface area contributed by atoms with Gasteiger partial charge in [0, 0.05) is 22.2 Å². The zero-order valence-corrected chi connectivity index (χ0v) is 7.48. The first-order valence-corrected chi connectivity index (χ1v) is 4.56. The van der Waals surface area contributed by atoms with E-state index in [4.69, 9.17) is 0 Å². The predicted molar refractivity (Wildman–Crippen MR) is 48.4 cm³/mol. The normalized spacial score (nSPS) is 13.1. The molecular formula is C9H8O2S. The van der Waals surface area contributed by atoms with Crippen molar-refractivity contribution in [1.82, 2.24) is 0 Å². The van der Waals surface area contributed by atoms with Crippen LogP contribution in [0.2, 0.25) is 0 Å². The van der Waals surface area contributed by atoms with Crippen LogP contribution in [-0.4, -0.2) is 13.1 Å². The molecule has 2 nitrogen and oxygen atoms in total. The zero-order chi connectivity index (χ0) is 8.55. The summed E-state index contributed by atoms with van der Waals surface area (Å²) in [5.41, 5.74) is 1.75. The second-order valence-electron chi connectivity index (χ2n) is 2.58. The Balaban J connectivity index is 2.45. The molecule has 0 bridgehead atoms. The molecule has 0 spiro atoms. The Morgan fingerprint density at radius 3 is 3.25 bits per heavy atom. The lowest BCUT2D eigenvalue weighted by Crippen LogP contribution is -2.00. The van der Waals surface area contributed by atoms with Gasteiger partial charge in [-0.1, -0.05) is 12.2 Å². The Labute approximate surface area is 74.5 Å². The Bertz CT molecular complexity index is 349. The number of carbonyl (C=O) groups is 1. The molecule has 0 N–H and O–H groups in total. The average Bonchev–Trinajstić information content (AvgIpc) is 2.62. The van der Waals surface area contributed by atoms with Crippen LogP contribution in [0.3, 0.4) is 0 Å². The van der Waals surface area contributed by atoms with E-state index in [1.54, 1.807) is 11.3 Å². The number of hydrogen-bond acceptors (Lipinski definition) is 3. The minimum Gasteiger partial charge on any atom is -0.465 e. The molecule has 0 saturated heterocycles. The molecule has 1 aliphatic carbocycles.